The summed E-state index contributed by atoms with van der Waals surface area (Å²) in [6.07, 6.45) is 0. The molecule has 0 fully saturated rings. The molecule has 0 unspecified atom stereocenters. The van der Waals surface area contributed by atoms with Gasteiger partial charge in [-0.25, -0.2) is 4.79 Å². The topological polar surface area (TPSA) is 88.9 Å². The van der Waals surface area contributed by atoms with E-state index in [1.54, 1.807) is 18.3 Å². The Morgan fingerprint density at radius 3 is 2.65 bits per heavy atom. The van der Waals surface area contributed by atoms with Crippen LogP contribution in [0.1, 0.15) is 6.92 Å². The first kappa shape index (κ1) is 18.2. The highest BCUT2D eigenvalue weighted by atomic mass is 32.2. The molecule has 0 atom stereocenters. The van der Waals surface area contributed by atoms with Gasteiger partial charge in [-0.3, -0.25) is 14.7 Å². The number of hydrogen-bond acceptors (Lipinski definition) is 6. The summed E-state index contributed by atoms with van der Waals surface area (Å²) in [5.74, 6) is 0.395. The zero-order chi connectivity index (χ0) is 18.4. The lowest BCUT2D eigenvalue weighted by Crippen LogP contribution is -2.40. The van der Waals surface area contributed by atoms with Crippen LogP contribution in [0.4, 0.5) is 4.79 Å². The first-order valence-electron chi connectivity index (χ1n) is 7.94. The maximum Gasteiger partial charge on any atom is 0.321 e. The monoisotopic (exact) mass is 387 g/mol. The number of imide groups is 1. The average molecular weight is 387 g/mol. The molecule has 134 valence electrons. The van der Waals surface area contributed by atoms with Crippen LogP contribution in [0.5, 0.6) is 0 Å². The van der Waals surface area contributed by atoms with E-state index < -0.39 is 6.03 Å². The van der Waals surface area contributed by atoms with Crippen LogP contribution >= 0.6 is 23.1 Å². The number of carbonyl (C=O) groups excluding carboxylic acids is 2. The highest BCUT2D eigenvalue weighted by molar-refractivity contribution is 7.99. The highest BCUT2D eigenvalue weighted by Crippen LogP contribution is 2.30. The molecule has 0 saturated heterocycles. The molecule has 0 radical (unpaired) electrons. The van der Waals surface area contributed by atoms with Gasteiger partial charge in [-0.05, 0) is 30.5 Å². The summed E-state index contributed by atoms with van der Waals surface area (Å²) in [5, 5.41) is 15.9. The van der Waals surface area contributed by atoms with Crippen LogP contribution in [0.3, 0.4) is 0 Å². The summed E-state index contributed by atoms with van der Waals surface area (Å²) in [7, 11) is 0. The SMILES string of the molecule is CCNC(=O)NC(=O)CSc1nnc(-c2cccs2)n1-c1ccccc1. The second-order valence-electron chi connectivity index (χ2n) is 5.15. The molecule has 1 aromatic carbocycles. The highest BCUT2D eigenvalue weighted by Gasteiger charge is 2.18. The van der Waals surface area contributed by atoms with Crippen molar-refractivity contribution in [3.8, 4) is 16.4 Å². The number of nitrogens with zero attached hydrogens (tertiary/aromatic N) is 3. The molecule has 0 spiro atoms. The van der Waals surface area contributed by atoms with Crippen LogP contribution in [0.2, 0.25) is 0 Å². The fourth-order valence-electron chi connectivity index (χ4n) is 2.24. The Bertz CT molecular complexity index is 878. The van der Waals surface area contributed by atoms with E-state index in [4.69, 9.17) is 0 Å². The van der Waals surface area contributed by atoms with E-state index in [0.29, 0.717) is 11.7 Å². The molecule has 0 aliphatic heterocycles. The van der Waals surface area contributed by atoms with Gasteiger partial charge >= 0.3 is 6.03 Å². The number of rotatable bonds is 6. The van der Waals surface area contributed by atoms with Gasteiger partial charge in [0.05, 0.1) is 10.6 Å². The van der Waals surface area contributed by atoms with E-state index >= 15 is 0 Å². The molecule has 0 saturated carbocycles. The van der Waals surface area contributed by atoms with E-state index in [1.165, 1.54) is 11.8 Å². The summed E-state index contributed by atoms with van der Waals surface area (Å²) in [6.45, 7) is 2.24. The molecule has 3 amide bonds. The van der Waals surface area contributed by atoms with E-state index in [-0.39, 0.29) is 11.7 Å². The minimum absolute atomic E-state index is 0.0620. The summed E-state index contributed by atoms with van der Waals surface area (Å²) in [6, 6.07) is 13.2. The molecule has 3 rings (SSSR count). The first-order valence-corrected chi connectivity index (χ1v) is 9.80. The second-order valence-corrected chi connectivity index (χ2v) is 7.04. The van der Waals surface area contributed by atoms with Gasteiger partial charge in [0.1, 0.15) is 0 Å². The Labute approximate surface area is 158 Å². The number of amides is 3. The van der Waals surface area contributed by atoms with Crippen molar-refractivity contribution in [3.05, 3.63) is 47.8 Å². The Balaban J connectivity index is 1.82. The normalized spacial score (nSPS) is 10.5. The largest absolute Gasteiger partial charge is 0.338 e. The number of carbonyl (C=O) groups is 2. The molecule has 9 heteroatoms. The molecule has 7 nitrogen and oxygen atoms in total. The fourth-order valence-corrected chi connectivity index (χ4v) is 3.69. The van der Waals surface area contributed by atoms with Gasteiger partial charge in [0.15, 0.2) is 11.0 Å². The lowest BCUT2D eigenvalue weighted by molar-refractivity contribution is -0.117. The maximum atomic E-state index is 11.9. The molecule has 2 aromatic heterocycles. The maximum absolute atomic E-state index is 11.9. The number of hydrogen-bond donors (Lipinski definition) is 2. The van der Waals surface area contributed by atoms with Gasteiger partial charge in [-0.1, -0.05) is 36.0 Å². The summed E-state index contributed by atoms with van der Waals surface area (Å²) >= 11 is 2.80. The minimum Gasteiger partial charge on any atom is -0.338 e. The van der Waals surface area contributed by atoms with Crippen molar-refractivity contribution in [3.63, 3.8) is 0 Å². The molecule has 3 aromatic rings. The van der Waals surface area contributed by atoms with Crippen molar-refractivity contribution in [1.82, 2.24) is 25.4 Å². The van der Waals surface area contributed by atoms with Crippen LogP contribution < -0.4 is 10.6 Å². The summed E-state index contributed by atoms with van der Waals surface area (Å²) < 4.78 is 1.91. The van der Waals surface area contributed by atoms with Gasteiger partial charge in [0.25, 0.3) is 0 Å². The number of thiophene rings is 1. The zero-order valence-corrected chi connectivity index (χ0v) is 15.6. The van der Waals surface area contributed by atoms with Crippen LogP contribution in [0.25, 0.3) is 16.4 Å². The number of benzene rings is 1. The van der Waals surface area contributed by atoms with Crippen LogP contribution in [0, 0.1) is 0 Å². The third kappa shape index (κ3) is 4.30. The zero-order valence-electron chi connectivity index (χ0n) is 14.0. The van der Waals surface area contributed by atoms with Crippen molar-refractivity contribution in [1.29, 1.82) is 0 Å². The van der Waals surface area contributed by atoms with Gasteiger partial charge in [-0.2, -0.15) is 0 Å². The number of urea groups is 1. The number of para-hydroxylation sites is 1. The Kier molecular flexibility index (Phi) is 6.03. The summed E-state index contributed by atoms with van der Waals surface area (Å²) in [5.41, 5.74) is 0.910. The van der Waals surface area contributed by atoms with Crippen LogP contribution in [0.15, 0.2) is 53.0 Å². The van der Waals surface area contributed by atoms with Gasteiger partial charge < -0.3 is 5.32 Å². The fraction of sp³-hybridized carbons (Fsp3) is 0.176. The predicted octanol–water partition coefficient (Wildman–Crippen LogP) is 2.93. The molecular weight excluding hydrogens is 370 g/mol. The Morgan fingerprint density at radius 2 is 1.96 bits per heavy atom. The Morgan fingerprint density at radius 1 is 1.15 bits per heavy atom. The van der Waals surface area contributed by atoms with Gasteiger partial charge in [0, 0.05) is 12.2 Å². The van der Waals surface area contributed by atoms with Crippen molar-refractivity contribution < 1.29 is 9.59 Å². The van der Waals surface area contributed by atoms with Crippen LogP contribution in [-0.2, 0) is 4.79 Å². The van der Waals surface area contributed by atoms with Crippen molar-refractivity contribution in [2.24, 2.45) is 0 Å². The molecule has 0 bridgehead atoms. The molecular formula is C17H17N5O2S2. The lowest BCUT2D eigenvalue weighted by Gasteiger charge is -2.09. The van der Waals surface area contributed by atoms with Gasteiger partial charge in [-0.15, -0.1) is 21.5 Å². The third-order valence-electron chi connectivity index (χ3n) is 3.31. The lowest BCUT2D eigenvalue weighted by atomic mass is 10.3. The molecule has 2 heterocycles. The van der Waals surface area contributed by atoms with E-state index in [1.807, 2.05) is 52.4 Å². The standard InChI is InChI=1S/C17H17N5O2S2/c1-2-18-16(24)19-14(23)11-26-17-21-20-15(13-9-6-10-25-13)22(17)12-7-4-3-5-8-12/h3-10H,2,11H2,1H3,(H2,18,19,23,24). The summed E-state index contributed by atoms with van der Waals surface area (Å²) in [4.78, 5) is 24.4. The van der Waals surface area contributed by atoms with Crippen molar-refractivity contribution in [2.75, 3.05) is 12.3 Å². The molecule has 26 heavy (non-hydrogen) atoms. The third-order valence-corrected chi connectivity index (χ3v) is 5.11. The predicted molar refractivity (Wildman–Crippen MR) is 103 cm³/mol. The van der Waals surface area contributed by atoms with E-state index in [9.17, 15) is 9.59 Å². The molecule has 2 N–H and O–H groups in total. The second kappa shape index (κ2) is 8.63. The number of nitrogens with one attached hydrogen (secondary N) is 2. The minimum atomic E-state index is -0.498. The molecule has 0 aliphatic rings. The first-order chi connectivity index (χ1) is 12.7. The average Bonchev–Trinajstić information content (AvgIpc) is 3.30. The number of aromatic nitrogens is 3. The molecule has 0 aliphatic carbocycles. The number of thioether (sulfide) groups is 1. The van der Waals surface area contributed by atoms with Gasteiger partial charge in [0.2, 0.25) is 5.91 Å². The van der Waals surface area contributed by atoms with Crippen molar-refractivity contribution in [2.45, 2.75) is 12.1 Å². The van der Waals surface area contributed by atoms with Crippen LogP contribution in [-0.4, -0.2) is 39.0 Å². The smallest absolute Gasteiger partial charge is 0.321 e. The quantitative estimate of drug-likeness (QED) is 0.635. The van der Waals surface area contributed by atoms with Crippen molar-refractivity contribution >= 4 is 35.0 Å². The Hall–Kier alpha value is -2.65. The van der Waals surface area contributed by atoms with E-state index in [2.05, 4.69) is 20.8 Å². The van der Waals surface area contributed by atoms with E-state index in [0.717, 1.165) is 16.4 Å².